The second-order valence-corrected chi connectivity index (χ2v) is 7.55. The summed E-state index contributed by atoms with van der Waals surface area (Å²) >= 11 is 0. The van der Waals surface area contributed by atoms with Crippen LogP contribution >= 0.6 is 0 Å². The molecule has 0 fully saturated rings. The Hall–Kier alpha value is -2.79. The highest BCUT2D eigenvalue weighted by molar-refractivity contribution is 7.89. The van der Waals surface area contributed by atoms with E-state index in [2.05, 4.69) is 14.9 Å². The van der Waals surface area contributed by atoms with Crippen molar-refractivity contribution in [1.82, 2.24) is 14.9 Å². The topological polar surface area (TPSA) is 85.1 Å². The Morgan fingerprint density at radius 1 is 1.11 bits per heavy atom. The molecule has 1 atom stereocenters. The Labute approximate surface area is 157 Å². The van der Waals surface area contributed by atoms with Crippen molar-refractivity contribution in [1.29, 1.82) is 0 Å². The third-order valence-electron chi connectivity index (χ3n) is 3.72. The average Bonchev–Trinajstić information content (AvgIpc) is 3.12. The number of sulfonamides is 1. The average molecular weight is 415 g/mol. The number of hydrogen-bond donors (Lipinski definition) is 1. The van der Waals surface area contributed by atoms with Crippen LogP contribution < -0.4 is 4.72 Å². The fourth-order valence-electron chi connectivity index (χ4n) is 2.32. The molecule has 1 aromatic heterocycles. The first-order valence-corrected chi connectivity index (χ1v) is 9.34. The molecule has 3 rings (SSSR count). The van der Waals surface area contributed by atoms with Crippen molar-refractivity contribution in [3.05, 3.63) is 65.8 Å². The number of benzene rings is 2. The lowest BCUT2D eigenvalue weighted by Crippen LogP contribution is -2.27. The van der Waals surface area contributed by atoms with Gasteiger partial charge in [-0.2, -0.15) is 22.9 Å². The van der Waals surface area contributed by atoms with E-state index in [1.54, 1.807) is 0 Å². The molecular weight excluding hydrogens is 402 g/mol. The molecule has 28 heavy (non-hydrogen) atoms. The van der Waals surface area contributed by atoms with E-state index < -0.39 is 38.5 Å². The molecule has 1 heterocycles. The highest BCUT2D eigenvalue weighted by atomic mass is 32.2. The van der Waals surface area contributed by atoms with E-state index in [1.165, 1.54) is 31.2 Å². The van der Waals surface area contributed by atoms with Crippen molar-refractivity contribution >= 4 is 10.0 Å². The van der Waals surface area contributed by atoms with Gasteiger partial charge in [-0.1, -0.05) is 11.2 Å². The summed E-state index contributed by atoms with van der Waals surface area (Å²) in [6.45, 7) is 1.40. The zero-order chi connectivity index (χ0) is 20.5. The van der Waals surface area contributed by atoms with Crippen molar-refractivity contribution in [2.45, 2.75) is 24.0 Å². The van der Waals surface area contributed by atoms with Gasteiger partial charge in [-0.05, 0) is 49.4 Å². The van der Waals surface area contributed by atoms with Gasteiger partial charge in [-0.25, -0.2) is 12.8 Å². The summed E-state index contributed by atoms with van der Waals surface area (Å²) in [5.41, 5.74) is -0.635. The van der Waals surface area contributed by atoms with Crippen LogP contribution in [0.3, 0.4) is 0 Å². The molecule has 0 saturated heterocycles. The molecule has 0 amide bonds. The minimum Gasteiger partial charge on any atom is -0.337 e. The third-order valence-corrected chi connectivity index (χ3v) is 5.26. The maximum Gasteiger partial charge on any atom is 0.416 e. The number of nitrogens with zero attached hydrogens (tertiary/aromatic N) is 2. The maximum absolute atomic E-state index is 13.0. The summed E-state index contributed by atoms with van der Waals surface area (Å²) in [5, 5.41) is 3.69. The van der Waals surface area contributed by atoms with E-state index in [1.807, 2.05) is 0 Å². The summed E-state index contributed by atoms with van der Waals surface area (Å²) in [5.74, 6) is -0.440. The molecule has 0 aliphatic heterocycles. The molecule has 1 unspecified atom stereocenters. The second-order valence-electron chi connectivity index (χ2n) is 5.83. The first-order chi connectivity index (χ1) is 13.1. The fourth-order valence-corrected chi connectivity index (χ4v) is 3.56. The molecular formula is C17H13F4N3O3S. The summed E-state index contributed by atoms with van der Waals surface area (Å²) < 4.78 is 83.4. The first kappa shape index (κ1) is 20.0. The van der Waals surface area contributed by atoms with Crippen LogP contribution in [-0.2, 0) is 16.2 Å². The predicted molar refractivity (Wildman–Crippen MR) is 89.9 cm³/mol. The molecule has 0 bridgehead atoms. The number of aromatic nitrogens is 2. The summed E-state index contributed by atoms with van der Waals surface area (Å²) in [6, 6.07) is 7.58. The normalized spacial score (nSPS) is 13.5. The van der Waals surface area contributed by atoms with Crippen LogP contribution in [0.4, 0.5) is 17.6 Å². The monoisotopic (exact) mass is 415 g/mol. The van der Waals surface area contributed by atoms with E-state index in [9.17, 15) is 26.0 Å². The lowest BCUT2D eigenvalue weighted by molar-refractivity contribution is -0.137. The molecule has 3 aromatic rings. The summed E-state index contributed by atoms with van der Waals surface area (Å²) in [7, 11) is -4.28. The van der Waals surface area contributed by atoms with Gasteiger partial charge >= 0.3 is 6.18 Å². The van der Waals surface area contributed by atoms with Gasteiger partial charge in [0.05, 0.1) is 16.5 Å². The van der Waals surface area contributed by atoms with E-state index in [4.69, 9.17) is 4.52 Å². The number of rotatable bonds is 5. The van der Waals surface area contributed by atoms with Gasteiger partial charge in [0.1, 0.15) is 5.82 Å². The number of hydrogen-bond acceptors (Lipinski definition) is 5. The number of nitrogens with one attached hydrogen (secondary N) is 1. The zero-order valence-electron chi connectivity index (χ0n) is 14.2. The molecule has 2 aromatic carbocycles. The van der Waals surface area contributed by atoms with Crippen LogP contribution in [0, 0.1) is 5.82 Å². The molecule has 0 aliphatic carbocycles. The Balaban J connectivity index is 1.81. The Bertz CT molecular complexity index is 1080. The highest BCUT2D eigenvalue weighted by Gasteiger charge is 2.32. The van der Waals surface area contributed by atoms with Crippen molar-refractivity contribution in [3.8, 4) is 11.4 Å². The molecule has 0 aliphatic rings. The van der Waals surface area contributed by atoms with Gasteiger partial charge in [0.15, 0.2) is 0 Å². The van der Waals surface area contributed by atoms with Gasteiger partial charge in [-0.15, -0.1) is 0 Å². The van der Waals surface area contributed by atoms with Gasteiger partial charge in [0.25, 0.3) is 0 Å². The molecule has 11 heteroatoms. The van der Waals surface area contributed by atoms with Crippen LogP contribution in [0.1, 0.15) is 24.4 Å². The Morgan fingerprint density at radius 2 is 1.79 bits per heavy atom. The van der Waals surface area contributed by atoms with Crippen molar-refractivity contribution < 1.29 is 30.5 Å². The molecule has 1 N–H and O–H groups in total. The van der Waals surface area contributed by atoms with E-state index >= 15 is 0 Å². The molecule has 6 nitrogen and oxygen atoms in total. The van der Waals surface area contributed by atoms with E-state index in [0.29, 0.717) is 11.6 Å². The van der Waals surface area contributed by atoms with Crippen LogP contribution in [0.25, 0.3) is 11.4 Å². The SMILES string of the molecule is CC(NS(=O)(=O)c1cccc(C(F)(F)F)c1)c1nc(-c2ccc(F)cc2)no1. The second kappa shape index (κ2) is 7.32. The minimum absolute atomic E-state index is 0.102. The van der Waals surface area contributed by atoms with Gasteiger partial charge in [0, 0.05) is 5.56 Å². The first-order valence-electron chi connectivity index (χ1n) is 7.85. The lowest BCUT2D eigenvalue weighted by Gasteiger charge is -2.12. The number of alkyl halides is 3. The standard InChI is InChI=1S/C17H13F4N3O3S/c1-10(16-22-15(23-27-16)11-5-7-13(18)8-6-11)24-28(25,26)14-4-2-3-12(9-14)17(19,20)21/h2-10,24H,1H3. The smallest absolute Gasteiger partial charge is 0.337 e. The van der Waals surface area contributed by atoms with Crippen LogP contribution in [-0.4, -0.2) is 18.6 Å². The van der Waals surface area contributed by atoms with Crippen molar-refractivity contribution in [2.75, 3.05) is 0 Å². The zero-order valence-corrected chi connectivity index (χ0v) is 15.1. The van der Waals surface area contributed by atoms with Crippen LogP contribution in [0.2, 0.25) is 0 Å². The predicted octanol–water partition coefficient (Wildman–Crippen LogP) is 3.93. The summed E-state index contributed by atoms with van der Waals surface area (Å²) in [4.78, 5) is 3.49. The van der Waals surface area contributed by atoms with E-state index in [-0.39, 0.29) is 11.7 Å². The van der Waals surface area contributed by atoms with Gasteiger partial charge < -0.3 is 4.52 Å². The largest absolute Gasteiger partial charge is 0.416 e. The fraction of sp³-hybridized carbons (Fsp3) is 0.176. The van der Waals surface area contributed by atoms with Crippen LogP contribution in [0.15, 0.2) is 57.9 Å². The van der Waals surface area contributed by atoms with Crippen molar-refractivity contribution in [3.63, 3.8) is 0 Å². The molecule has 0 saturated carbocycles. The quantitative estimate of drug-likeness (QED) is 0.638. The maximum atomic E-state index is 13.0. The van der Waals surface area contributed by atoms with Crippen LogP contribution in [0.5, 0.6) is 0 Å². The minimum atomic E-state index is -4.67. The molecule has 0 spiro atoms. The Kier molecular flexibility index (Phi) is 5.22. The van der Waals surface area contributed by atoms with Gasteiger partial charge in [0.2, 0.25) is 21.7 Å². The number of halogens is 4. The lowest BCUT2D eigenvalue weighted by atomic mass is 10.2. The van der Waals surface area contributed by atoms with Gasteiger partial charge in [-0.3, -0.25) is 0 Å². The highest BCUT2D eigenvalue weighted by Crippen LogP contribution is 2.30. The molecule has 0 radical (unpaired) electrons. The van der Waals surface area contributed by atoms with Crippen molar-refractivity contribution in [2.24, 2.45) is 0 Å². The third kappa shape index (κ3) is 4.37. The molecule has 148 valence electrons. The summed E-state index contributed by atoms with van der Waals surface area (Å²) in [6.07, 6.45) is -4.67. The Morgan fingerprint density at radius 3 is 2.43 bits per heavy atom. The van der Waals surface area contributed by atoms with E-state index in [0.717, 1.165) is 18.2 Å².